The zero-order valence-electron chi connectivity index (χ0n) is 12.3. The van der Waals surface area contributed by atoms with Gasteiger partial charge in [-0.3, -0.25) is 14.3 Å². The number of nitrogens with one attached hydrogen (secondary N) is 2. The van der Waals surface area contributed by atoms with Crippen LogP contribution in [0.5, 0.6) is 0 Å². The van der Waals surface area contributed by atoms with Crippen LogP contribution in [0.25, 0.3) is 0 Å². The number of anilines is 1. The number of sulfonamides is 1. The van der Waals surface area contributed by atoms with E-state index in [1.165, 1.54) is 30.3 Å². The van der Waals surface area contributed by atoms with Gasteiger partial charge in [0.1, 0.15) is 0 Å². The second kappa shape index (κ2) is 7.33. The number of halogens is 1. The van der Waals surface area contributed by atoms with Gasteiger partial charge in [-0.1, -0.05) is 29.8 Å². The zero-order chi connectivity index (χ0) is 17.7. The van der Waals surface area contributed by atoms with Crippen molar-refractivity contribution in [2.24, 2.45) is 5.73 Å². The maximum atomic E-state index is 12.4. The van der Waals surface area contributed by atoms with Gasteiger partial charge in [0.05, 0.1) is 22.2 Å². The van der Waals surface area contributed by atoms with Crippen molar-refractivity contribution >= 4 is 39.1 Å². The van der Waals surface area contributed by atoms with E-state index in [0.29, 0.717) is 0 Å². The van der Waals surface area contributed by atoms with E-state index in [4.69, 9.17) is 17.3 Å². The first kappa shape index (κ1) is 17.8. The predicted octanol–water partition coefficient (Wildman–Crippen LogP) is 1.36. The first-order valence-electron chi connectivity index (χ1n) is 6.73. The fourth-order valence-corrected chi connectivity index (χ4v) is 3.19. The van der Waals surface area contributed by atoms with Crippen molar-refractivity contribution in [3.63, 3.8) is 0 Å². The lowest BCUT2D eigenvalue weighted by molar-refractivity contribution is -0.117. The van der Waals surface area contributed by atoms with Crippen LogP contribution in [0.3, 0.4) is 0 Å². The van der Waals surface area contributed by atoms with Gasteiger partial charge in [0.2, 0.25) is 5.91 Å². The van der Waals surface area contributed by atoms with Crippen LogP contribution in [-0.2, 0) is 14.8 Å². The Labute approximate surface area is 143 Å². The molecule has 0 saturated carbocycles. The maximum absolute atomic E-state index is 12.4. The summed E-state index contributed by atoms with van der Waals surface area (Å²) in [5, 5.41) is 2.53. The average Bonchev–Trinajstić information content (AvgIpc) is 2.54. The smallest absolute Gasteiger partial charge is 0.261 e. The highest BCUT2D eigenvalue weighted by atomic mass is 35.5. The summed E-state index contributed by atoms with van der Waals surface area (Å²) < 4.78 is 27.2. The number of rotatable bonds is 6. The fraction of sp³-hybridized carbons (Fsp3) is 0.0667. The third kappa shape index (κ3) is 4.46. The molecule has 7 nitrogen and oxygen atoms in total. The molecule has 2 aromatic rings. The average molecular weight is 368 g/mol. The quantitative estimate of drug-likeness (QED) is 0.714. The van der Waals surface area contributed by atoms with Crippen molar-refractivity contribution in [3.05, 3.63) is 59.1 Å². The van der Waals surface area contributed by atoms with Crippen molar-refractivity contribution in [1.82, 2.24) is 5.32 Å². The standard InChI is InChI=1S/C15H14ClN3O4S/c16-12-6-1-2-7-13(12)19-24(22,23)11-5-3-4-10(8-11)15(21)18-9-14(17)20/h1-8,19H,9H2,(H2,17,20)(H,18,21). The highest BCUT2D eigenvalue weighted by Crippen LogP contribution is 2.24. The molecule has 0 aromatic heterocycles. The highest BCUT2D eigenvalue weighted by molar-refractivity contribution is 7.92. The molecule has 0 bridgehead atoms. The summed E-state index contributed by atoms with van der Waals surface area (Å²) in [5.74, 6) is -1.31. The summed E-state index contributed by atoms with van der Waals surface area (Å²) in [6, 6.07) is 11.7. The molecule has 0 spiro atoms. The van der Waals surface area contributed by atoms with Crippen molar-refractivity contribution in [2.75, 3.05) is 11.3 Å². The number of para-hydroxylation sites is 1. The van der Waals surface area contributed by atoms with Crippen LogP contribution in [0.4, 0.5) is 5.69 Å². The maximum Gasteiger partial charge on any atom is 0.261 e. The van der Waals surface area contributed by atoms with Gasteiger partial charge in [-0.25, -0.2) is 8.42 Å². The topological polar surface area (TPSA) is 118 Å². The summed E-state index contributed by atoms with van der Waals surface area (Å²) in [5.41, 5.74) is 5.25. The molecule has 4 N–H and O–H groups in total. The van der Waals surface area contributed by atoms with Gasteiger partial charge in [-0.05, 0) is 30.3 Å². The van der Waals surface area contributed by atoms with E-state index < -0.39 is 21.8 Å². The summed E-state index contributed by atoms with van der Waals surface area (Å²) in [4.78, 5) is 22.5. The number of hydrogen-bond acceptors (Lipinski definition) is 4. The van der Waals surface area contributed by atoms with Crippen LogP contribution < -0.4 is 15.8 Å². The Hall–Kier alpha value is -2.58. The van der Waals surface area contributed by atoms with E-state index in [2.05, 4.69) is 10.0 Å². The molecule has 2 rings (SSSR count). The number of primary amides is 1. The van der Waals surface area contributed by atoms with Gasteiger partial charge in [0, 0.05) is 5.56 Å². The molecule has 0 saturated heterocycles. The molecule has 0 aliphatic carbocycles. The van der Waals surface area contributed by atoms with Gasteiger partial charge < -0.3 is 11.1 Å². The Kier molecular flexibility index (Phi) is 5.42. The van der Waals surface area contributed by atoms with Crippen molar-refractivity contribution in [3.8, 4) is 0 Å². The van der Waals surface area contributed by atoms with Crippen LogP contribution in [0.1, 0.15) is 10.4 Å². The summed E-state index contributed by atoms with van der Waals surface area (Å²) >= 11 is 5.94. The minimum Gasteiger partial charge on any atom is -0.368 e. The number of carbonyl (C=O) groups is 2. The number of hydrogen-bond donors (Lipinski definition) is 3. The number of benzene rings is 2. The van der Waals surface area contributed by atoms with Crippen LogP contribution in [0, 0.1) is 0 Å². The monoisotopic (exact) mass is 367 g/mol. The molecule has 24 heavy (non-hydrogen) atoms. The molecule has 9 heteroatoms. The summed E-state index contributed by atoms with van der Waals surface area (Å²) in [7, 11) is -3.93. The minimum absolute atomic E-state index is 0.0817. The Morgan fingerprint density at radius 2 is 1.79 bits per heavy atom. The van der Waals surface area contributed by atoms with Crippen LogP contribution in [0.15, 0.2) is 53.4 Å². The number of carbonyl (C=O) groups excluding carboxylic acids is 2. The van der Waals surface area contributed by atoms with Gasteiger partial charge >= 0.3 is 0 Å². The molecule has 2 aromatic carbocycles. The molecule has 2 amide bonds. The molecule has 126 valence electrons. The number of nitrogens with two attached hydrogens (primary N) is 1. The largest absolute Gasteiger partial charge is 0.368 e. The van der Waals surface area contributed by atoms with Crippen LogP contribution in [0.2, 0.25) is 5.02 Å². The Morgan fingerprint density at radius 1 is 1.08 bits per heavy atom. The first-order chi connectivity index (χ1) is 11.3. The second-order valence-electron chi connectivity index (χ2n) is 4.76. The Morgan fingerprint density at radius 3 is 2.46 bits per heavy atom. The van der Waals surface area contributed by atoms with Gasteiger partial charge in [0.15, 0.2) is 0 Å². The van der Waals surface area contributed by atoms with E-state index in [-0.39, 0.29) is 27.7 Å². The van der Waals surface area contributed by atoms with E-state index in [1.54, 1.807) is 18.2 Å². The predicted molar refractivity (Wildman–Crippen MR) is 90.2 cm³/mol. The highest BCUT2D eigenvalue weighted by Gasteiger charge is 2.17. The first-order valence-corrected chi connectivity index (χ1v) is 8.59. The molecule has 0 aliphatic heterocycles. The van der Waals surface area contributed by atoms with E-state index in [9.17, 15) is 18.0 Å². The summed E-state index contributed by atoms with van der Waals surface area (Å²) in [6.45, 7) is -0.340. The van der Waals surface area contributed by atoms with E-state index >= 15 is 0 Å². The lowest BCUT2D eigenvalue weighted by Gasteiger charge is -2.10. The Balaban J connectivity index is 2.25. The molecule has 0 radical (unpaired) electrons. The van der Waals surface area contributed by atoms with Crippen LogP contribution in [-0.4, -0.2) is 26.8 Å². The summed E-state index contributed by atoms with van der Waals surface area (Å²) in [6.07, 6.45) is 0. The minimum atomic E-state index is -3.93. The molecule has 0 aliphatic rings. The fourth-order valence-electron chi connectivity index (χ4n) is 1.82. The zero-order valence-corrected chi connectivity index (χ0v) is 13.9. The van der Waals surface area contributed by atoms with Crippen molar-refractivity contribution in [1.29, 1.82) is 0 Å². The lowest BCUT2D eigenvalue weighted by Crippen LogP contribution is -2.33. The molecule has 0 unspecified atom stereocenters. The number of amides is 2. The van der Waals surface area contributed by atoms with Gasteiger partial charge in [-0.15, -0.1) is 0 Å². The molecule has 0 fully saturated rings. The Bertz CT molecular complexity index is 884. The molecule has 0 heterocycles. The normalized spacial score (nSPS) is 10.9. The van der Waals surface area contributed by atoms with Gasteiger partial charge in [0.25, 0.3) is 15.9 Å². The molecular formula is C15H14ClN3O4S. The third-order valence-corrected chi connectivity index (χ3v) is 4.64. The third-order valence-electron chi connectivity index (χ3n) is 2.95. The lowest BCUT2D eigenvalue weighted by atomic mass is 10.2. The van der Waals surface area contributed by atoms with Crippen LogP contribution >= 0.6 is 11.6 Å². The van der Waals surface area contributed by atoms with Crippen molar-refractivity contribution < 1.29 is 18.0 Å². The molecular weight excluding hydrogens is 354 g/mol. The SMILES string of the molecule is NC(=O)CNC(=O)c1cccc(S(=O)(=O)Nc2ccccc2Cl)c1. The van der Waals surface area contributed by atoms with Gasteiger partial charge in [-0.2, -0.15) is 0 Å². The van der Waals surface area contributed by atoms with E-state index in [0.717, 1.165) is 0 Å². The van der Waals surface area contributed by atoms with Crippen molar-refractivity contribution in [2.45, 2.75) is 4.90 Å². The van der Waals surface area contributed by atoms with E-state index in [1.807, 2.05) is 0 Å². The molecule has 0 atom stereocenters. The second-order valence-corrected chi connectivity index (χ2v) is 6.85.